The zero-order valence-electron chi connectivity index (χ0n) is 14.3. The van der Waals surface area contributed by atoms with Crippen molar-refractivity contribution in [2.45, 2.75) is 50.0 Å². The predicted molar refractivity (Wildman–Crippen MR) is 89.6 cm³/mol. The van der Waals surface area contributed by atoms with E-state index in [9.17, 15) is 9.59 Å². The molecule has 3 aliphatic rings. The average Bonchev–Trinajstić information content (AvgIpc) is 3.39. The fourth-order valence-electron chi connectivity index (χ4n) is 4.16. The van der Waals surface area contributed by atoms with Crippen LogP contribution in [0, 0.1) is 6.92 Å². The van der Waals surface area contributed by atoms with Crippen LogP contribution in [0.1, 0.15) is 54.2 Å². The Labute approximate surface area is 142 Å². The number of hydrogen-bond donors (Lipinski definition) is 1. The molecule has 1 N–H and O–H groups in total. The van der Waals surface area contributed by atoms with Crippen LogP contribution in [0.5, 0.6) is 0 Å². The van der Waals surface area contributed by atoms with Crippen molar-refractivity contribution in [3.8, 4) is 0 Å². The lowest BCUT2D eigenvalue weighted by Gasteiger charge is -2.36. The number of carbonyl (C=O) groups excluding carboxylic acids is 2. The number of aryl methyl sites for hydroxylation is 1. The van der Waals surface area contributed by atoms with Crippen molar-refractivity contribution in [1.29, 1.82) is 0 Å². The van der Waals surface area contributed by atoms with Crippen molar-refractivity contribution in [2.24, 2.45) is 0 Å². The molecule has 2 aliphatic heterocycles. The summed E-state index contributed by atoms with van der Waals surface area (Å²) in [6.45, 7) is 3.34. The summed E-state index contributed by atoms with van der Waals surface area (Å²) in [6, 6.07) is 6.25. The molecule has 24 heavy (non-hydrogen) atoms. The second kappa shape index (κ2) is 5.67. The molecule has 2 saturated heterocycles. The van der Waals surface area contributed by atoms with Gasteiger partial charge in [0.1, 0.15) is 11.5 Å². The van der Waals surface area contributed by atoms with Crippen LogP contribution >= 0.6 is 0 Å². The van der Waals surface area contributed by atoms with Gasteiger partial charge in [-0.3, -0.25) is 9.59 Å². The molecular weight excluding hydrogens is 304 g/mol. The number of hydrogen-bond acceptors (Lipinski definition) is 4. The molecule has 2 heterocycles. The maximum Gasteiger partial charge on any atom is 0.235 e. The van der Waals surface area contributed by atoms with Gasteiger partial charge in [0.15, 0.2) is 5.78 Å². The predicted octanol–water partition coefficient (Wildman–Crippen LogP) is 2.05. The Morgan fingerprint density at radius 3 is 2.50 bits per heavy atom. The Hall–Kier alpha value is -1.72. The first kappa shape index (κ1) is 15.8. The minimum absolute atomic E-state index is 0.0329. The molecule has 1 aromatic carbocycles. The molecule has 1 amide bonds. The lowest BCUT2D eigenvalue weighted by atomic mass is 9.80. The average molecular weight is 328 g/mol. The Morgan fingerprint density at radius 2 is 1.92 bits per heavy atom. The van der Waals surface area contributed by atoms with Crippen LogP contribution in [0.25, 0.3) is 0 Å². The van der Waals surface area contributed by atoms with Crippen molar-refractivity contribution in [3.63, 3.8) is 0 Å². The number of hydroxylamine groups is 2. The third-order valence-corrected chi connectivity index (χ3v) is 5.85. The van der Waals surface area contributed by atoms with Gasteiger partial charge in [-0.1, -0.05) is 18.2 Å². The molecule has 1 aromatic rings. The zero-order chi connectivity index (χ0) is 16.9. The maximum absolute atomic E-state index is 13.1. The Morgan fingerprint density at radius 1 is 1.21 bits per heavy atom. The number of benzene rings is 1. The van der Waals surface area contributed by atoms with Gasteiger partial charge in [-0.15, -0.1) is 0 Å². The first-order valence-electron chi connectivity index (χ1n) is 8.80. The van der Waals surface area contributed by atoms with Gasteiger partial charge in [-0.2, -0.15) is 5.06 Å². The van der Waals surface area contributed by atoms with Gasteiger partial charge in [-0.25, -0.2) is 0 Å². The summed E-state index contributed by atoms with van der Waals surface area (Å²) in [7, 11) is 1.64. The van der Waals surface area contributed by atoms with E-state index in [-0.39, 0.29) is 11.7 Å². The van der Waals surface area contributed by atoms with Crippen LogP contribution in [-0.2, 0) is 14.4 Å². The summed E-state index contributed by atoms with van der Waals surface area (Å²) in [6.07, 6.45) is 3.73. The molecular formula is C19H24N2O3. The monoisotopic (exact) mass is 328 g/mol. The largest absolute Gasteiger partial charge is 0.343 e. The van der Waals surface area contributed by atoms with E-state index in [1.165, 1.54) is 18.4 Å². The summed E-state index contributed by atoms with van der Waals surface area (Å²) >= 11 is 0. The van der Waals surface area contributed by atoms with E-state index in [1.807, 2.05) is 18.1 Å². The van der Waals surface area contributed by atoms with E-state index in [4.69, 9.17) is 4.84 Å². The number of piperidine rings is 1. The van der Waals surface area contributed by atoms with E-state index in [2.05, 4.69) is 17.4 Å². The molecule has 1 spiro atoms. The lowest BCUT2D eigenvalue weighted by molar-refractivity contribution is -0.157. The first-order chi connectivity index (χ1) is 11.5. The van der Waals surface area contributed by atoms with Crippen molar-refractivity contribution < 1.29 is 14.4 Å². The normalized spacial score (nSPS) is 26.8. The van der Waals surface area contributed by atoms with Gasteiger partial charge in [0, 0.05) is 13.1 Å². The van der Waals surface area contributed by atoms with Gasteiger partial charge < -0.3 is 10.2 Å². The smallest absolute Gasteiger partial charge is 0.235 e. The van der Waals surface area contributed by atoms with Gasteiger partial charge in [0.05, 0.1) is 7.11 Å². The highest BCUT2D eigenvalue weighted by molar-refractivity contribution is 6.17. The lowest BCUT2D eigenvalue weighted by Crippen LogP contribution is -2.54. The number of amides is 1. The minimum Gasteiger partial charge on any atom is -0.343 e. The third kappa shape index (κ3) is 2.47. The van der Waals surface area contributed by atoms with Gasteiger partial charge in [0.25, 0.3) is 0 Å². The van der Waals surface area contributed by atoms with E-state index < -0.39 is 11.5 Å². The highest BCUT2D eigenvalue weighted by Gasteiger charge is 2.54. The van der Waals surface area contributed by atoms with E-state index >= 15 is 0 Å². The number of nitrogens with one attached hydrogen (secondary N) is 1. The minimum atomic E-state index is -0.710. The van der Waals surface area contributed by atoms with Crippen LogP contribution in [0.2, 0.25) is 0 Å². The van der Waals surface area contributed by atoms with Gasteiger partial charge in [0.2, 0.25) is 5.91 Å². The fourth-order valence-corrected chi connectivity index (χ4v) is 4.16. The molecule has 1 unspecified atom stereocenters. The molecule has 0 bridgehead atoms. The van der Waals surface area contributed by atoms with Crippen molar-refractivity contribution in [3.05, 3.63) is 34.9 Å². The van der Waals surface area contributed by atoms with Crippen LogP contribution in [-0.4, -0.2) is 42.5 Å². The quantitative estimate of drug-likeness (QED) is 0.863. The second-order valence-electron chi connectivity index (χ2n) is 7.37. The Kier molecular flexibility index (Phi) is 3.73. The molecule has 1 aliphatic carbocycles. The number of rotatable bonds is 3. The van der Waals surface area contributed by atoms with E-state index in [0.717, 1.165) is 11.1 Å². The summed E-state index contributed by atoms with van der Waals surface area (Å²) in [5.74, 6) is -0.0958. The van der Waals surface area contributed by atoms with Crippen molar-refractivity contribution in [1.82, 2.24) is 10.4 Å². The Bertz CT molecular complexity index is 688. The molecule has 3 fully saturated rings. The molecule has 1 saturated carbocycles. The number of ketones is 1. The topological polar surface area (TPSA) is 58.6 Å². The molecule has 5 nitrogen and oxygen atoms in total. The third-order valence-electron chi connectivity index (χ3n) is 5.85. The van der Waals surface area contributed by atoms with E-state index in [1.54, 1.807) is 7.11 Å². The number of nitrogens with zero attached hydrogens (tertiary/aromatic N) is 1. The summed E-state index contributed by atoms with van der Waals surface area (Å²) in [4.78, 5) is 31.0. The van der Waals surface area contributed by atoms with Gasteiger partial charge in [-0.05, 0) is 55.2 Å². The second-order valence-corrected chi connectivity index (χ2v) is 7.37. The molecule has 128 valence electrons. The maximum atomic E-state index is 13.1. The SMILES string of the molecule is CON1CCC2(CC1)NC(=O)C(c1ccc(C3CC3)cc1C)C2=O. The van der Waals surface area contributed by atoms with Crippen molar-refractivity contribution >= 4 is 11.7 Å². The van der Waals surface area contributed by atoms with Crippen LogP contribution in [0.3, 0.4) is 0 Å². The molecule has 5 heteroatoms. The number of carbonyl (C=O) groups is 2. The standard InChI is InChI=1S/C19H24N2O3/c1-12-11-14(13-3-4-13)5-6-15(12)16-17(22)19(20-18(16)23)7-9-21(24-2)10-8-19/h5-6,11,13,16H,3-4,7-10H2,1-2H3,(H,20,23). The van der Waals surface area contributed by atoms with Crippen LogP contribution in [0.15, 0.2) is 18.2 Å². The number of Topliss-reactive ketones (excluding diaryl/α,β-unsaturated/α-hetero) is 1. The molecule has 1 atom stereocenters. The highest BCUT2D eigenvalue weighted by atomic mass is 16.7. The van der Waals surface area contributed by atoms with Crippen molar-refractivity contribution in [2.75, 3.05) is 20.2 Å². The Balaban J connectivity index is 1.60. The zero-order valence-corrected chi connectivity index (χ0v) is 14.3. The molecule has 4 rings (SSSR count). The highest BCUT2D eigenvalue weighted by Crippen LogP contribution is 2.42. The first-order valence-corrected chi connectivity index (χ1v) is 8.80. The molecule has 0 aromatic heterocycles. The van der Waals surface area contributed by atoms with Gasteiger partial charge >= 0.3 is 0 Å². The summed E-state index contributed by atoms with van der Waals surface area (Å²) in [5.41, 5.74) is 2.55. The summed E-state index contributed by atoms with van der Waals surface area (Å²) in [5, 5.41) is 4.86. The molecule has 0 radical (unpaired) electrons. The van der Waals surface area contributed by atoms with E-state index in [0.29, 0.717) is 31.8 Å². The van der Waals surface area contributed by atoms with Crippen LogP contribution in [0.4, 0.5) is 0 Å². The summed E-state index contributed by atoms with van der Waals surface area (Å²) < 4.78 is 0. The fraction of sp³-hybridized carbons (Fsp3) is 0.579. The van der Waals surface area contributed by atoms with Crippen LogP contribution < -0.4 is 5.32 Å².